The van der Waals surface area contributed by atoms with Crippen molar-refractivity contribution < 1.29 is 23.9 Å². The van der Waals surface area contributed by atoms with Crippen molar-refractivity contribution >= 4 is 17.8 Å². The number of rotatable bonds is 4. The lowest BCUT2D eigenvalue weighted by Crippen LogP contribution is -2.40. The molecule has 1 heterocycles. The molecule has 23 heavy (non-hydrogen) atoms. The Labute approximate surface area is 134 Å². The van der Waals surface area contributed by atoms with Gasteiger partial charge in [0, 0.05) is 24.6 Å². The summed E-state index contributed by atoms with van der Waals surface area (Å²) in [5.41, 5.74) is 1.16. The van der Waals surface area contributed by atoms with Crippen LogP contribution < -0.4 is 0 Å². The predicted molar refractivity (Wildman–Crippen MR) is 82.5 cm³/mol. The zero-order valence-corrected chi connectivity index (χ0v) is 13.0. The van der Waals surface area contributed by atoms with E-state index in [0.29, 0.717) is 0 Å². The monoisotopic (exact) mass is 317 g/mol. The molecule has 6 nitrogen and oxygen atoms in total. The molecule has 0 atom stereocenters. The van der Waals surface area contributed by atoms with Crippen LogP contribution in [0.1, 0.15) is 18.9 Å². The molecule has 0 saturated carbocycles. The fourth-order valence-electron chi connectivity index (χ4n) is 2.19. The van der Waals surface area contributed by atoms with Crippen LogP contribution in [-0.2, 0) is 25.7 Å². The van der Waals surface area contributed by atoms with Gasteiger partial charge in [-0.25, -0.2) is 9.59 Å². The molecule has 1 aliphatic rings. The van der Waals surface area contributed by atoms with E-state index in [1.807, 2.05) is 30.3 Å². The molecule has 0 aliphatic carbocycles. The Hall–Kier alpha value is -2.63. The highest BCUT2D eigenvalue weighted by atomic mass is 16.6. The van der Waals surface area contributed by atoms with Crippen LogP contribution in [-0.4, -0.2) is 42.4 Å². The van der Waals surface area contributed by atoms with Gasteiger partial charge in [-0.05, 0) is 12.5 Å². The Morgan fingerprint density at radius 3 is 2.65 bits per heavy atom. The van der Waals surface area contributed by atoms with Crippen LogP contribution in [0, 0.1) is 0 Å². The van der Waals surface area contributed by atoms with Crippen molar-refractivity contribution in [1.29, 1.82) is 0 Å². The molecule has 1 amide bonds. The quantitative estimate of drug-likeness (QED) is 0.628. The lowest BCUT2D eigenvalue weighted by Gasteiger charge is -2.27. The van der Waals surface area contributed by atoms with E-state index in [1.54, 1.807) is 6.92 Å². The summed E-state index contributed by atoms with van der Waals surface area (Å²) in [5.74, 6) is -0.722. The van der Waals surface area contributed by atoms with Gasteiger partial charge in [0.1, 0.15) is 6.61 Å². The molecule has 0 bridgehead atoms. The van der Waals surface area contributed by atoms with Gasteiger partial charge in [-0.2, -0.15) is 0 Å². The Morgan fingerprint density at radius 2 is 1.96 bits per heavy atom. The number of carbonyl (C=O) groups excluding carboxylic acids is 3. The number of nitrogens with zero attached hydrogens (tertiary/aromatic N) is 1. The third-order valence-corrected chi connectivity index (χ3v) is 3.37. The first-order chi connectivity index (χ1) is 11.1. The first-order valence-electron chi connectivity index (χ1n) is 7.46. The molecule has 0 radical (unpaired) electrons. The number of esters is 1. The third-order valence-electron chi connectivity index (χ3n) is 3.37. The third kappa shape index (κ3) is 4.95. The van der Waals surface area contributed by atoms with Crippen LogP contribution in [0.15, 0.2) is 42.0 Å². The molecular formula is C17H19NO5. The molecule has 1 aliphatic heterocycles. The minimum atomic E-state index is -0.574. The lowest BCUT2D eigenvalue weighted by atomic mass is 10.0. The standard InChI is InChI=1S/C17H19NO5/c1-2-22-16(20)10-14-11-18(9-8-15(14)19)17(21)23-12-13-6-4-3-5-7-13/h3-7,10H,2,8-9,11-12H2,1H3/b14-10-. The Bertz CT molecular complexity index is 609. The van der Waals surface area contributed by atoms with E-state index in [2.05, 4.69) is 0 Å². The first-order valence-corrected chi connectivity index (χ1v) is 7.46. The van der Waals surface area contributed by atoms with E-state index in [1.165, 1.54) is 4.90 Å². The second-order valence-electron chi connectivity index (χ2n) is 5.06. The van der Waals surface area contributed by atoms with E-state index >= 15 is 0 Å². The number of ether oxygens (including phenoxy) is 2. The normalized spacial score (nSPS) is 16.3. The van der Waals surface area contributed by atoms with E-state index in [9.17, 15) is 14.4 Å². The van der Waals surface area contributed by atoms with Crippen LogP contribution in [0.4, 0.5) is 4.79 Å². The summed E-state index contributed by atoms with van der Waals surface area (Å²) < 4.78 is 10.0. The van der Waals surface area contributed by atoms with Crippen molar-refractivity contribution in [2.24, 2.45) is 0 Å². The zero-order chi connectivity index (χ0) is 16.7. The lowest BCUT2D eigenvalue weighted by molar-refractivity contribution is -0.137. The van der Waals surface area contributed by atoms with Gasteiger partial charge in [-0.15, -0.1) is 0 Å². The van der Waals surface area contributed by atoms with Gasteiger partial charge in [-0.1, -0.05) is 30.3 Å². The van der Waals surface area contributed by atoms with Crippen molar-refractivity contribution in [1.82, 2.24) is 4.90 Å². The summed E-state index contributed by atoms with van der Waals surface area (Å²) in [4.78, 5) is 36.8. The van der Waals surface area contributed by atoms with Gasteiger partial charge >= 0.3 is 12.1 Å². The molecule has 1 saturated heterocycles. The number of hydrogen-bond acceptors (Lipinski definition) is 5. The first kappa shape index (κ1) is 16.7. The average molecular weight is 317 g/mol. The molecule has 122 valence electrons. The summed E-state index contributed by atoms with van der Waals surface area (Å²) in [5, 5.41) is 0. The molecule has 0 spiro atoms. The Balaban J connectivity index is 1.93. The number of piperidine rings is 1. The van der Waals surface area contributed by atoms with E-state index < -0.39 is 12.1 Å². The number of ketones is 1. The van der Waals surface area contributed by atoms with Crippen molar-refractivity contribution in [3.63, 3.8) is 0 Å². The smallest absolute Gasteiger partial charge is 0.410 e. The molecule has 0 N–H and O–H groups in total. The molecule has 1 aromatic carbocycles. The highest BCUT2D eigenvalue weighted by Crippen LogP contribution is 2.14. The molecule has 1 fully saturated rings. The fraction of sp³-hybridized carbons (Fsp3) is 0.353. The second kappa shape index (κ2) is 8.12. The highest BCUT2D eigenvalue weighted by Gasteiger charge is 2.26. The maximum absolute atomic E-state index is 12.1. The zero-order valence-electron chi connectivity index (χ0n) is 13.0. The van der Waals surface area contributed by atoms with E-state index in [4.69, 9.17) is 9.47 Å². The van der Waals surface area contributed by atoms with Gasteiger partial charge in [0.2, 0.25) is 0 Å². The number of likely N-dealkylation sites (tertiary alicyclic amines) is 1. The van der Waals surface area contributed by atoms with Crippen LogP contribution >= 0.6 is 0 Å². The molecular weight excluding hydrogens is 298 g/mol. The minimum Gasteiger partial charge on any atom is -0.463 e. The summed E-state index contributed by atoms with van der Waals surface area (Å²) in [6, 6.07) is 9.33. The SMILES string of the molecule is CCOC(=O)/C=C1/CN(C(=O)OCc2ccccc2)CCC1=O. The number of Topliss-reactive ketones (excluding diaryl/α,β-unsaturated/α-hetero) is 1. The Kier molecular flexibility index (Phi) is 5.91. The summed E-state index contributed by atoms with van der Waals surface area (Å²) in [6.45, 7) is 2.44. The summed E-state index contributed by atoms with van der Waals surface area (Å²) in [7, 11) is 0. The topological polar surface area (TPSA) is 72.9 Å². The fourth-order valence-corrected chi connectivity index (χ4v) is 2.19. The van der Waals surface area contributed by atoms with Crippen LogP contribution in [0.5, 0.6) is 0 Å². The van der Waals surface area contributed by atoms with Crippen molar-refractivity contribution in [2.45, 2.75) is 20.0 Å². The average Bonchev–Trinajstić information content (AvgIpc) is 2.56. The molecule has 6 heteroatoms. The van der Waals surface area contributed by atoms with Crippen LogP contribution in [0.3, 0.4) is 0 Å². The maximum Gasteiger partial charge on any atom is 0.410 e. The molecule has 2 rings (SSSR count). The van der Waals surface area contributed by atoms with Crippen molar-refractivity contribution in [3.8, 4) is 0 Å². The van der Waals surface area contributed by atoms with Gasteiger partial charge in [-0.3, -0.25) is 4.79 Å². The second-order valence-corrected chi connectivity index (χ2v) is 5.06. The molecule has 0 unspecified atom stereocenters. The van der Waals surface area contributed by atoms with Crippen molar-refractivity contribution in [3.05, 3.63) is 47.5 Å². The summed E-state index contributed by atoms with van der Waals surface area (Å²) >= 11 is 0. The van der Waals surface area contributed by atoms with Gasteiger partial charge in [0.25, 0.3) is 0 Å². The summed E-state index contributed by atoms with van der Waals surface area (Å²) in [6.07, 6.45) is 0.824. The van der Waals surface area contributed by atoms with Crippen molar-refractivity contribution in [2.75, 3.05) is 19.7 Å². The number of carbonyl (C=O) groups is 3. The van der Waals surface area contributed by atoms with Crippen LogP contribution in [0.2, 0.25) is 0 Å². The van der Waals surface area contributed by atoms with Gasteiger partial charge < -0.3 is 14.4 Å². The van der Waals surface area contributed by atoms with Gasteiger partial charge in [0.15, 0.2) is 5.78 Å². The largest absolute Gasteiger partial charge is 0.463 e. The maximum atomic E-state index is 12.1. The highest BCUT2D eigenvalue weighted by molar-refractivity contribution is 6.02. The molecule has 1 aromatic rings. The van der Waals surface area contributed by atoms with E-state index in [-0.39, 0.29) is 44.1 Å². The molecule has 0 aromatic heterocycles. The predicted octanol–water partition coefficient (Wildman–Crippen LogP) is 2.09. The van der Waals surface area contributed by atoms with E-state index in [0.717, 1.165) is 11.6 Å². The van der Waals surface area contributed by atoms with Gasteiger partial charge in [0.05, 0.1) is 13.2 Å². The Morgan fingerprint density at radius 1 is 1.22 bits per heavy atom. The number of amides is 1. The minimum absolute atomic E-state index is 0.0608. The number of benzene rings is 1. The number of hydrogen-bond donors (Lipinski definition) is 0. The van der Waals surface area contributed by atoms with Crippen LogP contribution in [0.25, 0.3) is 0 Å².